The summed E-state index contributed by atoms with van der Waals surface area (Å²) in [5.41, 5.74) is 1.13. The van der Waals surface area contributed by atoms with Crippen LogP contribution in [0.1, 0.15) is 61.8 Å². The summed E-state index contributed by atoms with van der Waals surface area (Å²) in [6.07, 6.45) is 4.58. The first-order valence-corrected chi connectivity index (χ1v) is 12.0. The molecule has 5 nitrogen and oxygen atoms in total. The molecule has 2 aliphatic heterocycles. The van der Waals surface area contributed by atoms with Crippen LogP contribution in [0.2, 0.25) is 0 Å². The average Bonchev–Trinajstić information content (AvgIpc) is 2.97. The second-order valence-corrected chi connectivity index (χ2v) is 12.7. The molecule has 0 radical (unpaired) electrons. The Morgan fingerprint density at radius 2 is 1.68 bits per heavy atom. The highest BCUT2D eigenvalue weighted by Gasteiger charge is 2.80. The van der Waals surface area contributed by atoms with Gasteiger partial charge in [0.25, 0.3) is 0 Å². The van der Waals surface area contributed by atoms with Gasteiger partial charge in [0.1, 0.15) is 17.8 Å². The molecule has 31 heavy (non-hydrogen) atoms. The maximum absolute atomic E-state index is 12.3. The third kappa shape index (κ3) is 2.30. The molecule has 4 fully saturated rings. The van der Waals surface area contributed by atoms with Crippen molar-refractivity contribution in [2.24, 2.45) is 34.5 Å². The van der Waals surface area contributed by atoms with Gasteiger partial charge in [-0.05, 0) is 75.4 Å². The zero-order valence-electron chi connectivity index (χ0n) is 20.2. The van der Waals surface area contributed by atoms with Gasteiger partial charge in [-0.2, -0.15) is 0 Å². The summed E-state index contributed by atoms with van der Waals surface area (Å²) in [6, 6.07) is 0. The van der Waals surface area contributed by atoms with Gasteiger partial charge in [-0.15, -0.1) is 0 Å². The van der Waals surface area contributed by atoms with Crippen molar-refractivity contribution in [3.8, 4) is 0 Å². The lowest BCUT2D eigenvalue weighted by atomic mass is 9.58. The lowest BCUT2D eigenvalue weighted by Gasteiger charge is -2.55. The number of hydrogen-bond acceptors (Lipinski definition) is 5. The number of hydrogen-bond donors (Lipinski definition) is 1. The highest BCUT2D eigenvalue weighted by Crippen LogP contribution is 2.75. The van der Waals surface area contributed by atoms with Crippen LogP contribution in [0.25, 0.3) is 0 Å². The minimum absolute atomic E-state index is 0.0605. The molecule has 2 bridgehead atoms. The SMILES string of the molecule is CC1=C[C@]23C(O)C(C=C4COC(C)(C)O[C@H]4[C@@]24OC(C)(C)O[C@@H]14)[C@H]1[C@@H](C[C@H]3C)C1(C)C. The van der Waals surface area contributed by atoms with Crippen molar-refractivity contribution < 1.29 is 24.1 Å². The molecule has 0 aromatic rings. The molecule has 1 N–H and O–H groups in total. The maximum atomic E-state index is 12.3. The molecule has 6 rings (SSSR count). The van der Waals surface area contributed by atoms with E-state index in [-0.39, 0.29) is 29.5 Å². The zero-order chi connectivity index (χ0) is 22.4. The second-order valence-electron chi connectivity index (χ2n) is 12.7. The van der Waals surface area contributed by atoms with Crippen LogP contribution < -0.4 is 0 Å². The third-order valence-corrected chi connectivity index (χ3v) is 9.71. The molecule has 0 aromatic heterocycles. The highest BCUT2D eigenvalue weighted by atomic mass is 16.8. The Morgan fingerprint density at radius 3 is 2.39 bits per heavy atom. The first-order valence-electron chi connectivity index (χ1n) is 12.0. The normalized spacial score (nSPS) is 54.9. The molecule has 6 aliphatic rings. The molecule has 0 aromatic carbocycles. The van der Waals surface area contributed by atoms with Crippen molar-refractivity contribution in [2.75, 3.05) is 6.61 Å². The van der Waals surface area contributed by atoms with Crippen molar-refractivity contribution in [1.29, 1.82) is 0 Å². The lowest BCUT2D eigenvalue weighted by molar-refractivity contribution is -0.313. The largest absolute Gasteiger partial charge is 0.391 e. The number of ether oxygens (including phenoxy) is 4. The predicted octanol–water partition coefficient (Wildman–Crippen LogP) is 4.20. The van der Waals surface area contributed by atoms with E-state index >= 15 is 0 Å². The van der Waals surface area contributed by atoms with Crippen LogP contribution in [0.5, 0.6) is 0 Å². The van der Waals surface area contributed by atoms with Gasteiger partial charge in [0.15, 0.2) is 11.6 Å². The van der Waals surface area contributed by atoms with Gasteiger partial charge in [-0.25, -0.2) is 0 Å². The summed E-state index contributed by atoms with van der Waals surface area (Å²) < 4.78 is 26.4. The number of fused-ring (bicyclic) bond motifs is 4. The monoisotopic (exact) mass is 430 g/mol. The molecule has 0 amide bonds. The zero-order valence-corrected chi connectivity index (χ0v) is 20.2. The first-order chi connectivity index (χ1) is 14.3. The molecule has 2 unspecified atom stereocenters. The van der Waals surface area contributed by atoms with Gasteiger partial charge in [0.2, 0.25) is 0 Å². The second kappa shape index (κ2) is 5.67. The highest BCUT2D eigenvalue weighted by molar-refractivity contribution is 5.45. The number of aliphatic hydroxyl groups is 1. The topological polar surface area (TPSA) is 57.2 Å². The summed E-state index contributed by atoms with van der Waals surface area (Å²) in [4.78, 5) is 0. The van der Waals surface area contributed by atoms with Crippen molar-refractivity contribution >= 4 is 0 Å². The molecule has 2 saturated heterocycles. The van der Waals surface area contributed by atoms with Gasteiger partial charge >= 0.3 is 0 Å². The fourth-order valence-corrected chi connectivity index (χ4v) is 8.48. The van der Waals surface area contributed by atoms with Gasteiger partial charge in [-0.3, -0.25) is 0 Å². The van der Waals surface area contributed by atoms with E-state index in [1.807, 2.05) is 27.7 Å². The van der Waals surface area contributed by atoms with E-state index in [0.29, 0.717) is 18.4 Å². The summed E-state index contributed by atoms with van der Waals surface area (Å²) in [5, 5.41) is 12.3. The van der Waals surface area contributed by atoms with Crippen molar-refractivity contribution in [1.82, 2.24) is 0 Å². The quantitative estimate of drug-likeness (QED) is 0.584. The molecule has 2 saturated carbocycles. The predicted molar refractivity (Wildman–Crippen MR) is 116 cm³/mol. The fourth-order valence-electron chi connectivity index (χ4n) is 8.48. The van der Waals surface area contributed by atoms with Crippen LogP contribution in [0.15, 0.2) is 23.3 Å². The van der Waals surface area contributed by atoms with E-state index in [0.717, 1.165) is 17.6 Å². The molecular weight excluding hydrogens is 392 g/mol. The Morgan fingerprint density at radius 1 is 1.00 bits per heavy atom. The standard InChI is InChI=1S/C26H38O5/c1-13-11-25-14(2)9-17-18(22(17,3)4)16(19(25)27)10-15-12-28-23(5,6)30-21(15)26(25)20(13)29-24(7,8)31-26/h10-11,14,16-21,27H,9,12H2,1-8H3/t14-,16?,17-,18+,19?,20+,21-,25+,26-/m1/s1. The van der Waals surface area contributed by atoms with Crippen LogP contribution >= 0.6 is 0 Å². The summed E-state index contributed by atoms with van der Waals surface area (Å²) >= 11 is 0. The van der Waals surface area contributed by atoms with Crippen LogP contribution in [-0.4, -0.2) is 47.2 Å². The molecule has 9 atom stereocenters. The molecule has 2 spiro atoms. The minimum atomic E-state index is -0.804. The molecule has 172 valence electrons. The Labute approximate surface area is 186 Å². The molecule has 5 heteroatoms. The minimum Gasteiger partial charge on any atom is -0.391 e. The third-order valence-electron chi connectivity index (χ3n) is 9.71. The van der Waals surface area contributed by atoms with E-state index in [1.54, 1.807) is 0 Å². The molecule has 4 aliphatic carbocycles. The van der Waals surface area contributed by atoms with Crippen molar-refractivity contribution in [3.05, 3.63) is 23.3 Å². The van der Waals surface area contributed by atoms with Crippen LogP contribution in [0, 0.1) is 34.5 Å². The summed E-state index contributed by atoms with van der Waals surface area (Å²) in [6.45, 7) is 17.6. The van der Waals surface area contributed by atoms with Gasteiger partial charge in [0.05, 0.1) is 18.1 Å². The van der Waals surface area contributed by atoms with Crippen molar-refractivity contribution in [2.45, 2.75) is 97.3 Å². The van der Waals surface area contributed by atoms with E-state index in [4.69, 9.17) is 18.9 Å². The fraction of sp³-hybridized carbons (Fsp3) is 0.846. The Kier molecular flexibility index (Phi) is 3.81. The van der Waals surface area contributed by atoms with Crippen LogP contribution in [0.4, 0.5) is 0 Å². The smallest absolute Gasteiger partial charge is 0.164 e. The van der Waals surface area contributed by atoms with E-state index in [9.17, 15) is 5.11 Å². The molecule has 2 heterocycles. The van der Waals surface area contributed by atoms with Gasteiger partial charge < -0.3 is 24.1 Å². The summed E-state index contributed by atoms with van der Waals surface area (Å²) in [5.74, 6) is -0.105. The Hall–Kier alpha value is -0.720. The summed E-state index contributed by atoms with van der Waals surface area (Å²) in [7, 11) is 0. The Bertz CT molecular complexity index is 899. The maximum Gasteiger partial charge on any atom is 0.164 e. The average molecular weight is 431 g/mol. The van der Waals surface area contributed by atoms with E-state index in [1.165, 1.54) is 0 Å². The van der Waals surface area contributed by atoms with E-state index < -0.39 is 28.7 Å². The van der Waals surface area contributed by atoms with Crippen LogP contribution in [-0.2, 0) is 18.9 Å². The lowest BCUT2D eigenvalue weighted by Crippen LogP contribution is -2.68. The Balaban J connectivity index is 1.63. The van der Waals surface area contributed by atoms with E-state index in [2.05, 4.69) is 39.8 Å². The van der Waals surface area contributed by atoms with Crippen molar-refractivity contribution in [3.63, 3.8) is 0 Å². The van der Waals surface area contributed by atoms with Gasteiger partial charge in [-0.1, -0.05) is 32.9 Å². The van der Waals surface area contributed by atoms with Gasteiger partial charge in [0, 0.05) is 5.92 Å². The molecular formula is C26H38O5. The number of aliphatic hydroxyl groups excluding tert-OH is 1. The number of rotatable bonds is 0. The van der Waals surface area contributed by atoms with Crippen LogP contribution in [0.3, 0.4) is 0 Å². The first kappa shape index (κ1) is 20.9.